The van der Waals surface area contributed by atoms with Crippen molar-refractivity contribution >= 4 is 23.1 Å². The lowest BCUT2D eigenvalue weighted by Gasteiger charge is -2.10. The van der Waals surface area contributed by atoms with Crippen molar-refractivity contribution in [1.82, 2.24) is 0 Å². The number of carbonyl (C=O) groups excluding carboxylic acids is 1. The molecule has 3 nitrogen and oxygen atoms in total. The normalized spacial score (nSPS) is 9.75. The lowest BCUT2D eigenvalue weighted by atomic mass is 10.1. The maximum absolute atomic E-state index is 13.1. The molecule has 0 bridgehead atoms. The van der Waals surface area contributed by atoms with Gasteiger partial charge in [0.1, 0.15) is 11.6 Å². The topological polar surface area (TPSA) is 35.5 Å². The molecule has 0 spiro atoms. The Balaban J connectivity index is 3.27. The molecule has 1 aromatic rings. The quantitative estimate of drug-likeness (QED) is 0.606. The zero-order chi connectivity index (χ0) is 12.3. The highest BCUT2D eigenvalue weighted by molar-refractivity contribution is 6.31. The van der Waals surface area contributed by atoms with Gasteiger partial charge in [-0.05, 0) is 6.07 Å². The van der Waals surface area contributed by atoms with E-state index in [0.717, 1.165) is 6.07 Å². The maximum atomic E-state index is 13.1. The monoisotopic (exact) mass is 244 g/mol. The molecule has 5 heteroatoms. The summed E-state index contributed by atoms with van der Waals surface area (Å²) < 4.78 is 22.6. The maximum Gasteiger partial charge on any atom is 0.337 e. The number of benzene rings is 1. The first-order chi connectivity index (χ1) is 7.51. The van der Waals surface area contributed by atoms with Crippen LogP contribution in [0.15, 0.2) is 18.7 Å². The minimum Gasteiger partial charge on any atom is -0.496 e. The van der Waals surface area contributed by atoms with Crippen molar-refractivity contribution in [2.45, 2.75) is 0 Å². The Labute approximate surface area is 97.4 Å². The van der Waals surface area contributed by atoms with Gasteiger partial charge < -0.3 is 9.47 Å². The van der Waals surface area contributed by atoms with Crippen LogP contribution in [-0.4, -0.2) is 20.2 Å². The number of rotatable bonds is 3. The van der Waals surface area contributed by atoms with Gasteiger partial charge in [0.05, 0.1) is 24.8 Å². The Morgan fingerprint density at radius 3 is 2.56 bits per heavy atom. The summed E-state index contributed by atoms with van der Waals surface area (Å²) in [4.78, 5) is 11.3. The molecule has 0 aliphatic rings. The van der Waals surface area contributed by atoms with E-state index in [1.54, 1.807) is 0 Å². The van der Waals surface area contributed by atoms with E-state index in [1.165, 1.54) is 20.3 Å². The molecule has 1 aromatic carbocycles. The van der Waals surface area contributed by atoms with Gasteiger partial charge in [0.2, 0.25) is 0 Å². The van der Waals surface area contributed by atoms with Crippen LogP contribution in [0.25, 0.3) is 5.57 Å². The predicted molar refractivity (Wildman–Crippen MR) is 59.0 cm³/mol. The molecule has 16 heavy (non-hydrogen) atoms. The number of methoxy groups -OCH3 is 2. The highest BCUT2D eigenvalue weighted by Gasteiger charge is 2.17. The third-order valence-corrected chi connectivity index (χ3v) is 2.29. The van der Waals surface area contributed by atoms with Crippen molar-refractivity contribution in [3.63, 3.8) is 0 Å². The smallest absolute Gasteiger partial charge is 0.337 e. The number of hydrogen-bond donors (Lipinski definition) is 0. The van der Waals surface area contributed by atoms with Crippen LogP contribution >= 0.6 is 11.6 Å². The molecule has 86 valence electrons. The van der Waals surface area contributed by atoms with Crippen molar-refractivity contribution in [2.24, 2.45) is 0 Å². The SMILES string of the molecule is C=C(C(=O)OC)c1cc(Cl)c(F)cc1OC. The minimum atomic E-state index is -0.625. The van der Waals surface area contributed by atoms with E-state index in [9.17, 15) is 9.18 Å². The van der Waals surface area contributed by atoms with Crippen molar-refractivity contribution < 1.29 is 18.7 Å². The van der Waals surface area contributed by atoms with Crippen LogP contribution in [-0.2, 0) is 9.53 Å². The van der Waals surface area contributed by atoms with E-state index in [-0.39, 0.29) is 16.3 Å². The standard InChI is InChI=1S/C11H10ClFO3/c1-6(11(14)16-3)7-4-8(12)9(13)5-10(7)15-2/h4-5H,1H2,2-3H3. The van der Waals surface area contributed by atoms with E-state index in [2.05, 4.69) is 11.3 Å². The lowest BCUT2D eigenvalue weighted by molar-refractivity contribution is -0.133. The molecule has 0 aromatic heterocycles. The van der Waals surface area contributed by atoms with Gasteiger partial charge in [0, 0.05) is 11.6 Å². The van der Waals surface area contributed by atoms with E-state index in [1.807, 2.05) is 0 Å². The Bertz CT molecular complexity index is 443. The summed E-state index contributed by atoms with van der Waals surface area (Å²) in [6.07, 6.45) is 0. The average Bonchev–Trinajstić information content (AvgIpc) is 2.30. The second-order valence-corrected chi connectivity index (χ2v) is 3.34. The number of esters is 1. The minimum absolute atomic E-state index is 0.0567. The molecule has 0 atom stereocenters. The van der Waals surface area contributed by atoms with Gasteiger partial charge in [-0.2, -0.15) is 0 Å². The highest BCUT2D eigenvalue weighted by Crippen LogP contribution is 2.30. The summed E-state index contributed by atoms with van der Waals surface area (Å²) in [6.45, 7) is 3.54. The molecule has 0 N–H and O–H groups in total. The molecule has 0 unspecified atom stereocenters. The molecular formula is C11H10ClFO3. The fraction of sp³-hybridized carbons (Fsp3) is 0.182. The predicted octanol–water partition coefficient (Wildman–Crippen LogP) is 2.67. The van der Waals surface area contributed by atoms with Crippen molar-refractivity contribution in [2.75, 3.05) is 14.2 Å². The molecule has 0 aliphatic heterocycles. The first-order valence-corrected chi connectivity index (χ1v) is 4.69. The average molecular weight is 245 g/mol. The third kappa shape index (κ3) is 2.33. The van der Waals surface area contributed by atoms with Crippen LogP contribution in [0, 0.1) is 5.82 Å². The van der Waals surface area contributed by atoms with Gasteiger partial charge in [-0.3, -0.25) is 0 Å². The zero-order valence-corrected chi connectivity index (χ0v) is 9.60. The molecule has 0 radical (unpaired) electrons. The van der Waals surface area contributed by atoms with Crippen LogP contribution in [0.1, 0.15) is 5.56 Å². The van der Waals surface area contributed by atoms with E-state index in [4.69, 9.17) is 16.3 Å². The van der Waals surface area contributed by atoms with E-state index >= 15 is 0 Å². The number of carbonyl (C=O) groups is 1. The number of ether oxygens (including phenoxy) is 2. The van der Waals surface area contributed by atoms with Gasteiger partial charge in [-0.25, -0.2) is 9.18 Å². The second-order valence-electron chi connectivity index (χ2n) is 2.94. The van der Waals surface area contributed by atoms with Crippen molar-refractivity contribution in [3.05, 3.63) is 35.1 Å². The number of hydrogen-bond acceptors (Lipinski definition) is 3. The first-order valence-electron chi connectivity index (χ1n) is 4.32. The van der Waals surface area contributed by atoms with Crippen LogP contribution < -0.4 is 4.74 Å². The van der Waals surface area contributed by atoms with Gasteiger partial charge in [0.25, 0.3) is 0 Å². The Kier molecular flexibility index (Phi) is 3.90. The summed E-state index contributed by atoms with van der Waals surface area (Å²) in [5.74, 6) is -1.07. The summed E-state index contributed by atoms with van der Waals surface area (Å²) in [7, 11) is 2.59. The van der Waals surface area contributed by atoms with Crippen LogP contribution in [0.2, 0.25) is 5.02 Å². The molecule has 0 heterocycles. The largest absolute Gasteiger partial charge is 0.496 e. The summed E-state index contributed by atoms with van der Waals surface area (Å²) in [6, 6.07) is 2.36. The van der Waals surface area contributed by atoms with Gasteiger partial charge in [-0.15, -0.1) is 0 Å². The fourth-order valence-electron chi connectivity index (χ4n) is 1.17. The zero-order valence-electron chi connectivity index (χ0n) is 8.84. The molecule has 0 saturated heterocycles. The van der Waals surface area contributed by atoms with Gasteiger partial charge in [0.15, 0.2) is 0 Å². The molecule has 0 saturated carbocycles. The second kappa shape index (κ2) is 4.99. The van der Waals surface area contributed by atoms with Gasteiger partial charge >= 0.3 is 5.97 Å². The molecule has 0 amide bonds. The molecule has 0 aliphatic carbocycles. The van der Waals surface area contributed by atoms with Crippen LogP contribution in [0.3, 0.4) is 0 Å². The fourth-order valence-corrected chi connectivity index (χ4v) is 1.33. The van der Waals surface area contributed by atoms with E-state index in [0.29, 0.717) is 5.56 Å². The summed E-state index contributed by atoms with van der Waals surface area (Å²) >= 11 is 5.61. The van der Waals surface area contributed by atoms with Crippen molar-refractivity contribution in [3.8, 4) is 5.75 Å². The third-order valence-electron chi connectivity index (χ3n) is 2.00. The Morgan fingerprint density at radius 1 is 1.44 bits per heavy atom. The lowest BCUT2D eigenvalue weighted by Crippen LogP contribution is -2.04. The van der Waals surface area contributed by atoms with Crippen LogP contribution in [0.4, 0.5) is 4.39 Å². The van der Waals surface area contributed by atoms with Crippen LogP contribution in [0.5, 0.6) is 5.75 Å². The van der Waals surface area contributed by atoms with Crippen molar-refractivity contribution in [1.29, 1.82) is 0 Å². The molecule has 1 rings (SSSR count). The molecular weight excluding hydrogens is 235 g/mol. The van der Waals surface area contributed by atoms with Gasteiger partial charge in [-0.1, -0.05) is 18.2 Å². The first kappa shape index (κ1) is 12.5. The molecule has 0 fully saturated rings. The summed E-state index contributed by atoms with van der Waals surface area (Å²) in [5.41, 5.74) is 0.363. The van der Waals surface area contributed by atoms with E-state index < -0.39 is 11.8 Å². The summed E-state index contributed by atoms with van der Waals surface area (Å²) in [5, 5.41) is -0.110. The highest BCUT2D eigenvalue weighted by atomic mass is 35.5. The Morgan fingerprint density at radius 2 is 2.06 bits per heavy atom. The Hall–Kier alpha value is -1.55. The number of halogens is 2.